The Bertz CT molecular complexity index is 410. The van der Waals surface area contributed by atoms with Crippen molar-refractivity contribution in [2.24, 2.45) is 5.92 Å². The average Bonchev–Trinajstić information content (AvgIpc) is 2.86. The molecule has 0 aromatic heterocycles. The van der Waals surface area contributed by atoms with Crippen molar-refractivity contribution < 1.29 is 0 Å². The van der Waals surface area contributed by atoms with E-state index in [1.807, 2.05) is 0 Å². The van der Waals surface area contributed by atoms with Crippen LogP contribution in [-0.4, -0.2) is 12.1 Å². The third-order valence-electron chi connectivity index (χ3n) is 4.48. The number of rotatable bonds is 5. The molecule has 1 heteroatoms. The van der Waals surface area contributed by atoms with Gasteiger partial charge in [0.05, 0.1) is 0 Å². The molecule has 0 bridgehead atoms. The quantitative estimate of drug-likeness (QED) is 0.792. The van der Waals surface area contributed by atoms with Crippen LogP contribution in [0.1, 0.15) is 69.9 Å². The van der Waals surface area contributed by atoms with Crippen molar-refractivity contribution in [3.05, 3.63) is 35.4 Å². The summed E-state index contributed by atoms with van der Waals surface area (Å²) in [6, 6.07) is 9.11. The van der Waals surface area contributed by atoms with E-state index in [9.17, 15) is 0 Å². The van der Waals surface area contributed by atoms with E-state index in [0.29, 0.717) is 5.92 Å². The van der Waals surface area contributed by atoms with Crippen LogP contribution in [0, 0.1) is 12.8 Å². The molecule has 2 rings (SSSR count). The molecule has 0 radical (unpaired) electrons. The molecule has 1 saturated carbocycles. The van der Waals surface area contributed by atoms with Gasteiger partial charge in [0.2, 0.25) is 0 Å². The van der Waals surface area contributed by atoms with E-state index >= 15 is 0 Å². The largest absolute Gasteiger partial charge is 0.311 e. The van der Waals surface area contributed by atoms with Crippen molar-refractivity contribution in [1.29, 1.82) is 0 Å². The van der Waals surface area contributed by atoms with Crippen LogP contribution in [0.5, 0.6) is 0 Å². The molecule has 1 aliphatic carbocycles. The Kier molecular flexibility index (Phi) is 5.26. The van der Waals surface area contributed by atoms with E-state index in [-0.39, 0.29) is 5.54 Å². The topological polar surface area (TPSA) is 12.0 Å². The normalized spacial score (nSPS) is 18.4. The smallest absolute Gasteiger partial charge is 0.00967 e. The van der Waals surface area contributed by atoms with Gasteiger partial charge >= 0.3 is 0 Å². The molecule has 0 spiro atoms. The summed E-state index contributed by atoms with van der Waals surface area (Å²) in [5, 5.41) is 3.71. The van der Waals surface area contributed by atoms with Crippen molar-refractivity contribution in [3.63, 3.8) is 0 Å². The van der Waals surface area contributed by atoms with Gasteiger partial charge in [0.1, 0.15) is 0 Å². The number of hydrogen-bond acceptors (Lipinski definition) is 1. The molecule has 1 atom stereocenters. The lowest BCUT2D eigenvalue weighted by Crippen LogP contribution is -2.38. The van der Waals surface area contributed by atoms with Gasteiger partial charge in [0.15, 0.2) is 0 Å². The summed E-state index contributed by atoms with van der Waals surface area (Å²) < 4.78 is 0. The number of nitrogens with one attached hydrogen (secondary N) is 1. The lowest BCUT2D eigenvalue weighted by molar-refractivity contribution is 0.368. The third-order valence-corrected chi connectivity index (χ3v) is 4.48. The molecule has 20 heavy (non-hydrogen) atoms. The minimum absolute atomic E-state index is 0.206. The maximum absolute atomic E-state index is 3.71. The zero-order valence-electron chi connectivity index (χ0n) is 13.7. The van der Waals surface area contributed by atoms with E-state index in [1.165, 1.54) is 43.2 Å². The van der Waals surface area contributed by atoms with Crippen LogP contribution in [-0.2, 0) is 0 Å². The zero-order valence-corrected chi connectivity index (χ0v) is 13.7. The molecule has 0 heterocycles. The first-order valence-corrected chi connectivity index (χ1v) is 8.25. The Balaban J connectivity index is 2.06. The average molecular weight is 273 g/mol. The minimum Gasteiger partial charge on any atom is -0.311 e. The highest BCUT2D eigenvalue weighted by atomic mass is 14.9. The molecule has 1 unspecified atom stereocenters. The number of benzene rings is 1. The van der Waals surface area contributed by atoms with Gasteiger partial charge in [0.25, 0.3) is 0 Å². The van der Waals surface area contributed by atoms with Gasteiger partial charge in [0, 0.05) is 12.1 Å². The van der Waals surface area contributed by atoms with Crippen LogP contribution >= 0.6 is 0 Å². The summed E-state index contributed by atoms with van der Waals surface area (Å²) in [6.45, 7) is 10.1. The second kappa shape index (κ2) is 6.76. The standard InChI is InChI=1S/C19H31N/c1-15-8-7-11-17(12-15)18(14-20-19(2,3)4)13-16-9-5-6-10-16/h7-8,11-12,16,18,20H,5-6,9-10,13-14H2,1-4H3. The molecule has 1 aromatic rings. The zero-order chi connectivity index (χ0) is 14.6. The Morgan fingerprint density at radius 2 is 1.90 bits per heavy atom. The first-order valence-electron chi connectivity index (χ1n) is 8.25. The van der Waals surface area contributed by atoms with Gasteiger partial charge in [-0.2, -0.15) is 0 Å². The third kappa shape index (κ3) is 4.94. The second-order valence-corrected chi connectivity index (χ2v) is 7.63. The number of aryl methyl sites for hydroxylation is 1. The number of hydrogen-bond donors (Lipinski definition) is 1. The van der Waals surface area contributed by atoms with Crippen LogP contribution in [0.3, 0.4) is 0 Å². The predicted octanol–water partition coefficient (Wildman–Crippen LogP) is 5.05. The first kappa shape index (κ1) is 15.6. The van der Waals surface area contributed by atoms with Gasteiger partial charge < -0.3 is 5.32 Å². The van der Waals surface area contributed by atoms with Crippen LogP contribution in [0.25, 0.3) is 0 Å². The molecule has 0 saturated heterocycles. The van der Waals surface area contributed by atoms with Crippen molar-refractivity contribution in [2.45, 2.75) is 71.3 Å². The van der Waals surface area contributed by atoms with E-state index in [4.69, 9.17) is 0 Å². The van der Waals surface area contributed by atoms with Crippen molar-refractivity contribution >= 4 is 0 Å². The van der Waals surface area contributed by atoms with Crippen molar-refractivity contribution in [3.8, 4) is 0 Å². The second-order valence-electron chi connectivity index (χ2n) is 7.63. The summed E-state index contributed by atoms with van der Waals surface area (Å²) in [6.07, 6.45) is 7.12. The SMILES string of the molecule is Cc1cccc(C(CNC(C)(C)C)CC2CCCC2)c1. The highest BCUT2D eigenvalue weighted by Crippen LogP contribution is 2.34. The van der Waals surface area contributed by atoms with E-state index in [0.717, 1.165) is 12.5 Å². The molecule has 1 N–H and O–H groups in total. The van der Waals surface area contributed by atoms with Crippen LogP contribution < -0.4 is 5.32 Å². The Labute approximate surface area is 125 Å². The van der Waals surface area contributed by atoms with Crippen LogP contribution in [0.2, 0.25) is 0 Å². The Hall–Kier alpha value is -0.820. The molecule has 1 fully saturated rings. The molecule has 1 aliphatic rings. The van der Waals surface area contributed by atoms with Crippen LogP contribution in [0.15, 0.2) is 24.3 Å². The molecule has 1 nitrogen and oxygen atoms in total. The molecule has 0 aliphatic heterocycles. The van der Waals surface area contributed by atoms with Crippen LogP contribution in [0.4, 0.5) is 0 Å². The summed E-state index contributed by atoms with van der Waals surface area (Å²) in [4.78, 5) is 0. The fourth-order valence-corrected chi connectivity index (χ4v) is 3.34. The van der Waals surface area contributed by atoms with Crippen molar-refractivity contribution in [1.82, 2.24) is 5.32 Å². The van der Waals surface area contributed by atoms with E-state index in [1.54, 1.807) is 0 Å². The summed E-state index contributed by atoms with van der Waals surface area (Å²) in [5.74, 6) is 1.61. The minimum atomic E-state index is 0.206. The summed E-state index contributed by atoms with van der Waals surface area (Å²) in [5.41, 5.74) is 3.11. The fourth-order valence-electron chi connectivity index (χ4n) is 3.34. The maximum atomic E-state index is 3.71. The molecular weight excluding hydrogens is 242 g/mol. The lowest BCUT2D eigenvalue weighted by atomic mass is 9.86. The lowest BCUT2D eigenvalue weighted by Gasteiger charge is -2.27. The Morgan fingerprint density at radius 3 is 2.50 bits per heavy atom. The molecule has 0 amide bonds. The predicted molar refractivity (Wildman–Crippen MR) is 88.3 cm³/mol. The van der Waals surface area contributed by atoms with Gasteiger partial charge in [-0.1, -0.05) is 55.5 Å². The highest BCUT2D eigenvalue weighted by Gasteiger charge is 2.22. The maximum Gasteiger partial charge on any atom is 0.00967 e. The van der Waals surface area contributed by atoms with E-state index in [2.05, 4.69) is 57.3 Å². The van der Waals surface area contributed by atoms with Gasteiger partial charge in [-0.3, -0.25) is 0 Å². The van der Waals surface area contributed by atoms with Gasteiger partial charge in [-0.25, -0.2) is 0 Å². The molecule has 112 valence electrons. The fraction of sp³-hybridized carbons (Fsp3) is 0.684. The highest BCUT2D eigenvalue weighted by molar-refractivity contribution is 5.26. The molecular formula is C19H31N. The van der Waals surface area contributed by atoms with Gasteiger partial charge in [-0.05, 0) is 51.5 Å². The monoisotopic (exact) mass is 273 g/mol. The summed E-state index contributed by atoms with van der Waals surface area (Å²) >= 11 is 0. The first-order chi connectivity index (χ1) is 9.44. The molecule has 1 aromatic carbocycles. The van der Waals surface area contributed by atoms with Crippen molar-refractivity contribution in [2.75, 3.05) is 6.54 Å². The van der Waals surface area contributed by atoms with E-state index < -0.39 is 0 Å². The Morgan fingerprint density at radius 1 is 1.20 bits per heavy atom. The summed E-state index contributed by atoms with van der Waals surface area (Å²) in [7, 11) is 0. The van der Waals surface area contributed by atoms with Gasteiger partial charge in [-0.15, -0.1) is 0 Å².